The van der Waals surface area contributed by atoms with Crippen LogP contribution in [0.1, 0.15) is 155 Å². The number of unbranched alkanes of at least 4 members (excludes halogenated alkanes) is 12. The molecule has 14 heteroatoms. The summed E-state index contributed by atoms with van der Waals surface area (Å²) in [6.45, 7) is 2.41. The first kappa shape index (κ1) is 63.0. The molecule has 14 nitrogen and oxygen atoms in total. The monoisotopic (exact) mass is 988 g/mol. The molecule has 0 saturated carbocycles. The number of allylic oxidation sites excluding steroid dienone is 15. The Morgan fingerprint density at radius 3 is 1.49 bits per heavy atom. The van der Waals surface area contributed by atoms with E-state index in [1.165, 1.54) is 44.9 Å². The number of ether oxygens (including phenoxy) is 4. The quantitative estimate of drug-likeness (QED) is 0.0215. The van der Waals surface area contributed by atoms with E-state index in [0.717, 1.165) is 77.0 Å². The van der Waals surface area contributed by atoms with Crippen molar-refractivity contribution in [2.24, 2.45) is 0 Å². The molecule has 0 aromatic heterocycles. The van der Waals surface area contributed by atoms with Gasteiger partial charge >= 0.3 is 0 Å². The third-order valence-corrected chi connectivity index (χ3v) is 12.3. The van der Waals surface area contributed by atoms with Crippen molar-refractivity contribution in [2.75, 3.05) is 19.8 Å². The average Bonchev–Trinajstić information content (AvgIpc) is 3.36. The lowest BCUT2D eigenvalue weighted by Gasteiger charge is -2.46. The van der Waals surface area contributed by atoms with Crippen LogP contribution in [0.2, 0.25) is 0 Å². The number of carbonyl (C=O) groups excluding carboxylic acids is 1. The normalized spacial score (nSPS) is 26.8. The lowest BCUT2D eigenvalue weighted by atomic mass is 9.97. The Bertz CT molecular complexity index is 1540. The van der Waals surface area contributed by atoms with Gasteiger partial charge in [0.2, 0.25) is 5.91 Å². The van der Waals surface area contributed by atoms with E-state index in [1.54, 1.807) is 12.2 Å². The maximum atomic E-state index is 13.0. The Hall–Kier alpha value is -3.09. The molecule has 2 aliphatic rings. The number of aliphatic hydroxyl groups excluding tert-OH is 8. The first-order chi connectivity index (χ1) is 34.1. The van der Waals surface area contributed by atoms with E-state index in [9.17, 15) is 45.6 Å². The van der Waals surface area contributed by atoms with E-state index >= 15 is 0 Å². The number of nitrogens with one attached hydrogen (secondary N) is 1. The molecule has 0 spiro atoms. The lowest BCUT2D eigenvalue weighted by Crippen LogP contribution is -2.65. The van der Waals surface area contributed by atoms with Gasteiger partial charge in [0.25, 0.3) is 0 Å². The predicted octanol–water partition coefficient (Wildman–Crippen LogP) is 7.54. The van der Waals surface area contributed by atoms with Crippen molar-refractivity contribution in [3.8, 4) is 0 Å². The number of hydrogen-bond acceptors (Lipinski definition) is 13. The van der Waals surface area contributed by atoms with Crippen molar-refractivity contribution >= 4 is 5.91 Å². The van der Waals surface area contributed by atoms with Gasteiger partial charge in [-0.1, -0.05) is 175 Å². The molecule has 0 aliphatic carbocycles. The van der Waals surface area contributed by atoms with Gasteiger partial charge in [0.15, 0.2) is 12.6 Å². The molecule has 2 rings (SSSR count). The zero-order valence-corrected chi connectivity index (χ0v) is 42.5. The molecule has 12 unspecified atom stereocenters. The lowest BCUT2D eigenvalue weighted by molar-refractivity contribution is -0.359. The molecule has 12 atom stereocenters. The second kappa shape index (κ2) is 41.4. The van der Waals surface area contributed by atoms with E-state index in [2.05, 4.69) is 97.3 Å². The summed E-state index contributed by atoms with van der Waals surface area (Å²) in [6.07, 6.45) is 40.1. The molecule has 2 aliphatic heterocycles. The number of hydrogen-bond donors (Lipinski definition) is 9. The maximum Gasteiger partial charge on any atom is 0.220 e. The molecule has 0 radical (unpaired) electrons. The van der Waals surface area contributed by atoms with Gasteiger partial charge in [0.05, 0.1) is 32.0 Å². The van der Waals surface area contributed by atoms with Crippen LogP contribution in [-0.4, -0.2) is 140 Å². The number of amides is 1. The molecule has 9 N–H and O–H groups in total. The fourth-order valence-corrected chi connectivity index (χ4v) is 7.98. The topological polar surface area (TPSA) is 228 Å². The Morgan fingerprint density at radius 2 is 0.986 bits per heavy atom. The summed E-state index contributed by atoms with van der Waals surface area (Å²) in [5.41, 5.74) is 0. The summed E-state index contributed by atoms with van der Waals surface area (Å²) < 4.78 is 22.5. The second-order valence-electron chi connectivity index (χ2n) is 18.3. The van der Waals surface area contributed by atoms with Crippen LogP contribution in [-0.2, 0) is 23.7 Å². The van der Waals surface area contributed by atoms with Gasteiger partial charge in [0, 0.05) is 6.42 Å². The number of carbonyl (C=O) groups is 1. The van der Waals surface area contributed by atoms with Crippen LogP contribution < -0.4 is 5.32 Å². The smallest absolute Gasteiger partial charge is 0.220 e. The number of rotatable bonds is 39. The third-order valence-electron chi connectivity index (χ3n) is 12.3. The molecular formula is C56H93NO13. The zero-order chi connectivity index (χ0) is 51.0. The average molecular weight is 988 g/mol. The van der Waals surface area contributed by atoms with Crippen molar-refractivity contribution in [3.05, 3.63) is 97.2 Å². The van der Waals surface area contributed by atoms with E-state index in [4.69, 9.17) is 18.9 Å². The van der Waals surface area contributed by atoms with Crippen LogP contribution in [0, 0.1) is 0 Å². The van der Waals surface area contributed by atoms with Crippen LogP contribution in [0.4, 0.5) is 0 Å². The van der Waals surface area contributed by atoms with E-state index < -0.39 is 86.8 Å². The minimum absolute atomic E-state index is 0.261. The van der Waals surface area contributed by atoms with Crippen LogP contribution >= 0.6 is 0 Å². The van der Waals surface area contributed by atoms with Crippen LogP contribution in [0.25, 0.3) is 0 Å². The van der Waals surface area contributed by atoms with Gasteiger partial charge in [-0.15, -0.1) is 0 Å². The standard InChI is InChI=1S/C56H93NO13/c1-3-5-7-8-9-10-11-12-13-14-15-16-17-18-19-20-21-22-23-24-25-26-27-28-29-30-31-32-33-34-35-36-38-40-48(61)57-44(45(60)39-37-6-4-2)43-67-55-53(66)51(64)54(47(42-59)69-55)70-56-52(65)50(63)49(62)46(41-58)68-56/h5,7,9-10,12-13,15-16,18-19,21-22,24-25,37,39,44-47,49-56,58-60,62-66H,3-4,6,8,11,14,17,20,23,26-36,38,40-43H2,1-2H3,(H,57,61)/b7-5-,10-9-,13-12-,16-15-,19-18-,22-21-,25-24-,39-37+. The highest BCUT2D eigenvalue weighted by molar-refractivity contribution is 5.76. The molecule has 2 saturated heterocycles. The summed E-state index contributed by atoms with van der Waals surface area (Å²) in [5.74, 6) is -0.261. The third kappa shape index (κ3) is 27.7. The van der Waals surface area contributed by atoms with Crippen molar-refractivity contribution in [1.82, 2.24) is 5.32 Å². The predicted molar refractivity (Wildman–Crippen MR) is 276 cm³/mol. The highest BCUT2D eigenvalue weighted by Crippen LogP contribution is 2.30. The highest BCUT2D eigenvalue weighted by atomic mass is 16.7. The molecule has 2 heterocycles. The first-order valence-corrected chi connectivity index (χ1v) is 26.5. The zero-order valence-electron chi connectivity index (χ0n) is 42.5. The fourth-order valence-electron chi connectivity index (χ4n) is 7.98. The summed E-state index contributed by atoms with van der Waals surface area (Å²) in [7, 11) is 0. The first-order valence-electron chi connectivity index (χ1n) is 26.5. The summed E-state index contributed by atoms with van der Waals surface area (Å²) >= 11 is 0. The largest absolute Gasteiger partial charge is 0.394 e. The summed E-state index contributed by atoms with van der Waals surface area (Å²) in [5, 5.41) is 85.9. The Labute approximate surface area is 420 Å². The Kier molecular flexibility index (Phi) is 37.3. The van der Waals surface area contributed by atoms with Gasteiger partial charge in [-0.3, -0.25) is 4.79 Å². The second-order valence-corrected chi connectivity index (χ2v) is 18.3. The molecule has 0 aromatic carbocycles. The minimum atomic E-state index is -1.79. The van der Waals surface area contributed by atoms with Crippen LogP contribution in [0.15, 0.2) is 97.2 Å². The van der Waals surface area contributed by atoms with Gasteiger partial charge in [-0.05, 0) is 70.6 Å². The van der Waals surface area contributed by atoms with E-state index in [-0.39, 0.29) is 18.9 Å². The molecule has 0 aromatic rings. The summed E-state index contributed by atoms with van der Waals surface area (Å²) in [6, 6.07) is -0.917. The maximum absolute atomic E-state index is 13.0. The Morgan fingerprint density at radius 1 is 0.529 bits per heavy atom. The Balaban J connectivity index is 1.55. The van der Waals surface area contributed by atoms with E-state index in [0.29, 0.717) is 12.8 Å². The molecule has 70 heavy (non-hydrogen) atoms. The van der Waals surface area contributed by atoms with Crippen LogP contribution in [0.3, 0.4) is 0 Å². The van der Waals surface area contributed by atoms with Gasteiger partial charge in [-0.25, -0.2) is 0 Å². The van der Waals surface area contributed by atoms with E-state index in [1.807, 2.05) is 6.92 Å². The van der Waals surface area contributed by atoms with Crippen molar-refractivity contribution in [2.45, 2.75) is 229 Å². The molecular weight excluding hydrogens is 895 g/mol. The van der Waals surface area contributed by atoms with Gasteiger partial charge < -0.3 is 65.1 Å². The van der Waals surface area contributed by atoms with Crippen LogP contribution in [0.5, 0.6) is 0 Å². The SMILES string of the molecule is CC/C=C\C/C=C\C/C=C\C/C=C\C/C=C\C/C=C\C/C=C\CCCCCCCCCCCCCC(=O)NC(COC1OC(CO)C(OC2OC(CO)C(O)C(O)C2O)C(O)C1O)C(O)/C=C/CCC. The van der Waals surface area contributed by atoms with Crippen molar-refractivity contribution in [1.29, 1.82) is 0 Å². The van der Waals surface area contributed by atoms with Crippen molar-refractivity contribution in [3.63, 3.8) is 0 Å². The van der Waals surface area contributed by atoms with Gasteiger partial charge in [0.1, 0.15) is 48.8 Å². The number of aliphatic hydroxyl groups is 8. The fraction of sp³-hybridized carbons (Fsp3) is 0.696. The van der Waals surface area contributed by atoms with Gasteiger partial charge in [-0.2, -0.15) is 0 Å². The summed E-state index contributed by atoms with van der Waals surface area (Å²) in [4.78, 5) is 13.0. The molecule has 400 valence electrons. The molecule has 1 amide bonds. The van der Waals surface area contributed by atoms with Crippen molar-refractivity contribution < 1.29 is 64.6 Å². The minimum Gasteiger partial charge on any atom is -0.394 e. The molecule has 0 bridgehead atoms. The highest BCUT2D eigenvalue weighted by Gasteiger charge is 2.51. The molecule has 2 fully saturated rings.